The zero-order valence-electron chi connectivity index (χ0n) is 9.14. The molecule has 0 fully saturated rings. The Morgan fingerprint density at radius 2 is 2.12 bits per heavy atom. The van der Waals surface area contributed by atoms with Gasteiger partial charge in [-0.15, -0.1) is 0 Å². The molecule has 1 N–H and O–H groups in total. The van der Waals surface area contributed by atoms with Crippen LogP contribution in [0.3, 0.4) is 0 Å². The van der Waals surface area contributed by atoms with Crippen molar-refractivity contribution in [2.75, 3.05) is 19.0 Å². The van der Waals surface area contributed by atoms with Crippen LogP contribution in [-0.2, 0) is 0 Å². The summed E-state index contributed by atoms with van der Waals surface area (Å²) in [5.41, 5.74) is 2.01. The molecule has 0 aliphatic heterocycles. The van der Waals surface area contributed by atoms with E-state index in [0.717, 1.165) is 16.6 Å². The van der Waals surface area contributed by atoms with E-state index >= 15 is 0 Å². The van der Waals surface area contributed by atoms with E-state index in [4.69, 9.17) is 5.11 Å². The molecular weight excluding hydrogens is 204 g/mol. The molecular formula is C12H12N2O2. The normalized spacial score (nSPS) is 10.4. The van der Waals surface area contributed by atoms with Gasteiger partial charge in [0.2, 0.25) is 0 Å². The van der Waals surface area contributed by atoms with Crippen LogP contribution in [0.1, 0.15) is 10.4 Å². The first-order chi connectivity index (χ1) is 7.59. The van der Waals surface area contributed by atoms with Gasteiger partial charge in [-0.2, -0.15) is 0 Å². The molecule has 16 heavy (non-hydrogen) atoms. The first-order valence-electron chi connectivity index (χ1n) is 4.89. The average molecular weight is 216 g/mol. The lowest BCUT2D eigenvalue weighted by Crippen LogP contribution is -2.09. The molecule has 0 saturated heterocycles. The minimum atomic E-state index is -0.954. The number of carboxylic acid groups (broad SMARTS) is 1. The molecule has 0 bridgehead atoms. The molecule has 0 radical (unpaired) electrons. The number of aromatic nitrogens is 1. The number of hydrogen-bond donors (Lipinski definition) is 1. The van der Waals surface area contributed by atoms with Gasteiger partial charge in [-0.05, 0) is 12.1 Å². The van der Waals surface area contributed by atoms with Crippen LogP contribution in [0.5, 0.6) is 0 Å². The van der Waals surface area contributed by atoms with Gasteiger partial charge < -0.3 is 10.0 Å². The molecule has 1 aromatic heterocycles. The van der Waals surface area contributed by atoms with Gasteiger partial charge in [-0.1, -0.05) is 12.1 Å². The molecule has 2 rings (SSSR count). The number of rotatable bonds is 2. The summed E-state index contributed by atoms with van der Waals surface area (Å²) in [5, 5.41) is 9.71. The second kappa shape index (κ2) is 3.81. The Morgan fingerprint density at radius 1 is 1.38 bits per heavy atom. The second-order valence-electron chi connectivity index (χ2n) is 3.77. The number of anilines is 1. The average Bonchev–Trinajstić information content (AvgIpc) is 2.27. The van der Waals surface area contributed by atoms with Gasteiger partial charge >= 0.3 is 5.97 Å². The summed E-state index contributed by atoms with van der Waals surface area (Å²) in [6.45, 7) is 0. The van der Waals surface area contributed by atoms with E-state index in [1.165, 1.54) is 6.20 Å². The standard InChI is InChI=1S/C12H12N2O2/c1-14(2)10-5-3-4-8-6-9(12(15)16)7-13-11(8)10/h3-7H,1-2H3,(H,15,16). The number of para-hydroxylation sites is 1. The zero-order valence-corrected chi connectivity index (χ0v) is 9.14. The predicted molar refractivity (Wildman–Crippen MR) is 63.0 cm³/mol. The first kappa shape index (κ1) is 10.4. The minimum Gasteiger partial charge on any atom is -0.478 e. The van der Waals surface area contributed by atoms with Crippen molar-refractivity contribution in [1.82, 2.24) is 4.98 Å². The van der Waals surface area contributed by atoms with Crippen molar-refractivity contribution in [3.8, 4) is 0 Å². The van der Waals surface area contributed by atoms with E-state index in [1.807, 2.05) is 37.2 Å². The summed E-state index contributed by atoms with van der Waals surface area (Å²) in [6.07, 6.45) is 1.39. The highest BCUT2D eigenvalue weighted by atomic mass is 16.4. The zero-order chi connectivity index (χ0) is 11.7. The highest BCUT2D eigenvalue weighted by Gasteiger charge is 2.08. The number of carboxylic acids is 1. The van der Waals surface area contributed by atoms with Crippen molar-refractivity contribution in [2.24, 2.45) is 0 Å². The van der Waals surface area contributed by atoms with Gasteiger partial charge in [0.15, 0.2) is 0 Å². The number of benzene rings is 1. The molecule has 4 nitrogen and oxygen atoms in total. The van der Waals surface area contributed by atoms with Gasteiger partial charge in [0.25, 0.3) is 0 Å². The fraction of sp³-hybridized carbons (Fsp3) is 0.167. The maximum atomic E-state index is 10.8. The van der Waals surface area contributed by atoms with Gasteiger partial charge in [0.1, 0.15) is 0 Å². The fourth-order valence-corrected chi connectivity index (χ4v) is 1.62. The SMILES string of the molecule is CN(C)c1cccc2cc(C(=O)O)cnc12. The van der Waals surface area contributed by atoms with Crippen molar-refractivity contribution in [2.45, 2.75) is 0 Å². The van der Waals surface area contributed by atoms with E-state index in [0.29, 0.717) is 0 Å². The topological polar surface area (TPSA) is 53.4 Å². The van der Waals surface area contributed by atoms with Crippen LogP contribution in [0.2, 0.25) is 0 Å². The number of pyridine rings is 1. The van der Waals surface area contributed by atoms with Gasteiger partial charge in [-0.3, -0.25) is 4.98 Å². The summed E-state index contributed by atoms with van der Waals surface area (Å²) in [6, 6.07) is 7.35. The summed E-state index contributed by atoms with van der Waals surface area (Å²) in [7, 11) is 3.86. The molecule has 0 atom stereocenters. The van der Waals surface area contributed by atoms with Crippen molar-refractivity contribution in [1.29, 1.82) is 0 Å². The minimum absolute atomic E-state index is 0.211. The van der Waals surface area contributed by atoms with Gasteiger partial charge in [0, 0.05) is 25.7 Å². The lowest BCUT2D eigenvalue weighted by molar-refractivity contribution is 0.0696. The number of hydrogen-bond acceptors (Lipinski definition) is 3. The van der Waals surface area contributed by atoms with Gasteiger partial charge in [0.05, 0.1) is 16.8 Å². The Morgan fingerprint density at radius 3 is 2.75 bits per heavy atom. The molecule has 0 amide bonds. The van der Waals surface area contributed by atoms with Crippen LogP contribution >= 0.6 is 0 Å². The third kappa shape index (κ3) is 1.69. The van der Waals surface area contributed by atoms with Crippen molar-refractivity contribution < 1.29 is 9.90 Å². The smallest absolute Gasteiger partial charge is 0.337 e. The fourth-order valence-electron chi connectivity index (χ4n) is 1.62. The van der Waals surface area contributed by atoms with E-state index in [-0.39, 0.29) is 5.56 Å². The van der Waals surface area contributed by atoms with Crippen LogP contribution in [0.4, 0.5) is 5.69 Å². The molecule has 0 aliphatic carbocycles. The van der Waals surface area contributed by atoms with Crippen LogP contribution in [0.15, 0.2) is 30.5 Å². The highest BCUT2D eigenvalue weighted by Crippen LogP contribution is 2.23. The third-order valence-corrected chi connectivity index (χ3v) is 2.42. The number of fused-ring (bicyclic) bond motifs is 1. The highest BCUT2D eigenvalue weighted by molar-refractivity contribution is 5.96. The Bertz CT molecular complexity index is 550. The molecule has 2 aromatic rings. The Kier molecular flexibility index (Phi) is 2.48. The van der Waals surface area contributed by atoms with Crippen molar-refractivity contribution in [3.63, 3.8) is 0 Å². The summed E-state index contributed by atoms with van der Waals surface area (Å²) in [4.78, 5) is 17.0. The Balaban J connectivity index is 2.68. The van der Waals surface area contributed by atoms with Gasteiger partial charge in [-0.25, -0.2) is 4.79 Å². The molecule has 0 spiro atoms. The maximum Gasteiger partial charge on any atom is 0.337 e. The quantitative estimate of drug-likeness (QED) is 0.834. The third-order valence-electron chi connectivity index (χ3n) is 2.42. The Labute approximate surface area is 93.1 Å². The maximum absolute atomic E-state index is 10.8. The summed E-state index contributed by atoms with van der Waals surface area (Å²) in [5.74, 6) is -0.954. The van der Waals surface area contributed by atoms with Crippen LogP contribution < -0.4 is 4.90 Å². The first-order valence-corrected chi connectivity index (χ1v) is 4.89. The van der Waals surface area contributed by atoms with E-state index < -0.39 is 5.97 Å². The Hall–Kier alpha value is -2.10. The number of carbonyl (C=O) groups is 1. The van der Waals surface area contributed by atoms with Crippen LogP contribution in [0, 0.1) is 0 Å². The van der Waals surface area contributed by atoms with Crippen molar-refractivity contribution in [3.05, 3.63) is 36.0 Å². The van der Waals surface area contributed by atoms with E-state index in [2.05, 4.69) is 4.98 Å². The predicted octanol–water partition coefficient (Wildman–Crippen LogP) is 2.00. The molecule has 4 heteroatoms. The summed E-state index contributed by atoms with van der Waals surface area (Å²) >= 11 is 0. The molecule has 1 aromatic carbocycles. The molecule has 1 heterocycles. The molecule has 0 aliphatic rings. The van der Waals surface area contributed by atoms with E-state index in [1.54, 1.807) is 6.07 Å². The lowest BCUT2D eigenvalue weighted by atomic mass is 10.1. The monoisotopic (exact) mass is 216 g/mol. The van der Waals surface area contributed by atoms with Crippen LogP contribution in [-0.4, -0.2) is 30.2 Å². The van der Waals surface area contributed by atoms with Crippen LogP contribution in [0.25, 0.3) is 10.9 Å². The van der Waals surface area contributed by atoms with E-state index in [9.17, 15) is 4.79 Å². The number of aromatic carboxylic acids is 1. The number of nitrogens with zero attached hydrogens (tertiary/aromatic N) is 2. The summed E-state index contributed by atoms with van der Waals surface area (Å²) < 4.78 is 0. The van der Waals surface area contributed by atoms with Crippen molar-refractivity contribution >= 4 is 22.6 Å². The second-order valence-corrected chi connectivity index (χ2v) is 3.77. The molecule has 0 saturated carbocycles. The molecule has 82 valence electrons. The lowest BCUT2D eigenvalue weighted by Gasteiger charge is -2.14. The molecule has 0 unspecified atom stereocenters. The largest absolute Gasteiger partial charge is 0.478 e.